The molecule has 0 spiro atoms. The van der Waals surface area contributed by atoms with Crippen molar-refractivity contribution in [3.8, 4) is 0 Å². The number of rotatable bonds is 15. The summed E-state index contributed by atoms with van der Waals surface area (Å²) in [5.41, 5.74) is 2.26. The quantitative estimate of drug-likeness (QED) is 0.0955. The summed E-state index contributed by atoms with van der Waals surface area (Å²) >= 11 is 0. The van der Waals surface area contributed by atoms with Gasteiger partial charge >= 0.3 is 13.7 Å². The van der Waals surface area contributed by atoms with Gasteiger partial charge in [0.05, 0.1) is 13.2 Å². The predicted molar refractivity (Wildman–Crippen MR) is 174 cm³/mol. The van der Waals surface area contributed by atoms with Crippen LogP contribution < -0.4 is 5.32 Å². The molecule has 9 heteroatoms. The first-order valence-corrected chi connectivity index (χ1v) is 19.6. The Morgan fingerprint density at radius 2 is 1.84 bits per heavy atom. The Hall–Kier alpha value is -0.920. The number of nitrogens with one attached hydrogen (secondary N) is 1. The SMILES string of the molecule is CC(C)CCC[C@H](C)C1CCC2C3CC=C4C[C@@H](OC(=O)NCCCOCC(O)COP(C)(=O)O)CC[C@]4(C)C3CC[C@@]21C. The van der Waals surface area contributed by atoms with Crippen LogP contribution >= 0.6 is 7.60 Å². The molecule has 44 heavy (non-hydrogen) atoms. The van der Waals surface area contributed by atoms with Gasteiger partial charge in [-0.2, -0.15) is 0 Å². The topological polar surface area (TPSA) is 114 Å². The van der Waals surface area contributed by atoms with Crippen LogP contribution in [0.3, 0.4) is 0 Å². The van der Waals surface area contributed by atoms with Crippen molar-refractivity contribution in [1.29, 1.82) is 0 Å². The molecule has 0 aromatic carbocycles. The third-order valence-electron chi connectivity index (χ3n) is 12.1. The average molecular weight is 640 g/mol. The fourth-order valence-corrected chi connectivity index (χ4v) is 10.3. The van der Waals surface area contributed by atoms with Gasteiger partial charge in [0, 0.05) is 26.2 Å². The summed E-state index contributed by atoms with van der Waals surface area (Å²) in [5, 5.41) is 12.6. The maximum absolute atomic E-state index is 12.5. The molecule has 0 saturated heterocycles. The summed E-state index contributed by atoms with van der Waals surface area (Å²) in [5.74, 6) is 4.93. The number of aliphatic hydroxyl groups is 1. The first kappa shape index (κ1) is 35.9. The van der Waals surface area contributed by atoms with Gasteiger partial charge < -0.3 is 29.3 Å². The first-order valence-electron chi connectivity index (χ1n) is 17.6. The molecular weight excluding hydrogens is 577 g/mol. The van der Waals surface area contributed by atoms with Crippen LogP contribution in [-0.4, -0.2) is 61.3 Å². The second-order valence-electron chi connectivity index (χ2n) is 15.7. The van der Waals surface area contributed by atoms with E-state index in [1.165, 1.54) is 56.9 Å². The lowest BCUT2D eigenvalue weighted by atomic mass is 9.47. The Balaban J connectivity index is 1.20. The molecule has 4 aliphatic rings. The highest BCUT2D eigenvalue weighted by Gasteiger charge is 2.59. The minimum absolute atomic E-state index is 0.000380. The van der Waals surface area contributed by atoms with Crippen molar-refractivity contribution in [3.05, 3.63) is 11.6 Å². The summed E-state index contributed by atoms with van der Waals surface area (Å²) in [7, 11) is -3.61. The fourth-order valence-electron chi connectivity index (χ4n) is 9.80. The van der Waals surface area contributed by atoms with Gasteiger partial charge in [-0.25, -0.2) is 4.79 Å². The molecule has 3 fully saturated rings. The van der Waals surface area contributed by atoms with Crippen LogP contribution in [0.4, 0.5) is 4.79 Å². The molecule has 0 aromatic heterocycles. The Bertz CT molecular complexity index is 1030. The highest BCUT2D eigenvalue weighted by molar-refractivity contribution is 7.51. The first-order chi connectivity index (χ1) is 20.7. The lowest BCUT2D eigenvalue weighted by Gasteiger charge is -2.58. The van der Waals surface area contributed by atoms with E-state index in [0.717, 1.165) is 61.4 Å². The van der Waals surface area contributed by atoms with Crippen molar-refractivity contribution in [3.63, 3.8) is 0 Å². The van der Waals surface area contributed by atoms with E-state index in [2.05, 4.69) is 46.0 Å². The zero-order valence-corrected chi connectivity index (χ0v) is 29.3. The minimum Gasteiger partial charge on any atom is -0.446 e. The lowest BCUT2D eigenvalue weighted by Crippen LogP contribution is -2.51. The van der Waals surface area contributed by atoms with Crippen molar-refractivity contribution in [2.45, 2.75) is 124 Å². The maximum Gasteiger partial charge on any atom is 0.407 e. The Kier molecular flexibility index (Phi) is 12.5. The van der Waals surface area contributed by atoms with Crippen molar-refractivity contribution in [1.82, 2.24) is 5.32 Å². The van der Waals surface area contributed by atoms with Gasteiger partial charge in [-0.05, 0) is 97.7 Å². The van der Waals surface area contributed by atoms with Gasteiger partial charge in [-0.15, -0.1) is 0 Å². The number of ether oxygens (including phenoxy) is 2. The average Bonchev–Trinajstić information content (AvgIpc) is 3.30. The number of hydrogen-bond acceptors (Lipinski definition) is 6. The van der Waals surface area contributed by atoms with Crippen molar-refractivity contribution >= 4 is 13.7 Å². The van der Waals surface area contributed by atoms with E-state index in [0.29, 0.717) is 25.0 Å². The van der Waals surface area contributed by atoms with Crippen LogP contribution in [0.2, 0.25) is 0 Å². The van der Waals surface area contributed by atoms with E-state index in [4.69, 9.17) is 18.9 Å². The number of hydrogen-bond donors (Lipinski definition) is 3. The molecule has 254 valence electrons. The summed E-state index contributed by atoms with van der Waals surface area (Å²) in [6.07, 6.45) is 15.4. The molecular formula is C35H62NO7P. The van der Waals surface area contributed by atoms with Crippen LogP contribution in [0.5, 0.6) is 0 Å². The van der Waals surface area contributed by atoms with E-state index < -0.39 is 13.7 Å². The normalized spacial score (nSPS) is 35.9. The van der Waals surface area contributed by atoms with Crippen LogP contribution in [0, 0.1) is 46.3 Å². The molecule has 10 atom stereocenters. The van der Waals surface area contributed by atoms with E-state index in [-0.39, 0.29) is 30.8 Å². The van der Waals surface area contributed by atoms with Gasteiger partial charge in [0.25, 0.3) is 0 Å². The molecule has 1 amide bonds. The van der Waals surface area contributed by atoms with E-state index in [9.17, 15) is 14.5 Å². The third-order valence-corrected chi connectivity index (χ3v) is 12.7. The highest BCUT2D eigenvalue weighted by atomic mass is 31.2. The number of fused-ring (bicyclic) bond motifs is 5. The van der Waals surface area contributed by atoms with Crippen molar-refractivity contribution in [2.75, 3.05) is 33.0 Å². The summed E-state index contributed by atoms with van der Waals surface area (Å²) in [6, 6.07) is 0. The summed E-state index contributed by atoms with van der Waals surface area (Å²) in [6.45, 7) is 14.0. The molecule has 3 N–H and O–H groups in total. The van der Waals surface area contributed by atoms with Crippen LogP contribution in [-0.2, 0) is 18.6 Å². The molecule has 0 heterocycles. The summed E-state index contributed by atoms with van der Waals surface area (Å²) < 4.78 is 27.1. The predicted octanol–water partition coefficient (Wildman–Crippen LogP) is 7.72. The van der Waals surface area contributed by atoms with Crippen LogP contribution in [0.1, 0.15) is 112 Å². The van der Waals surface area contributed by atoms with Gasteiger partial charge in [0.1, 0.15) is 12.2 Å². The number of alkyl carbamates (subject to hydrolysis) is 1. The molecule has 0 bridgehead atoms. The third kappa shape index (κ3) is 8.91. The molecule has 0 radical (unpaired) electrons. The Labute approximate surface area is 267 Å². The van der Waals surface area contributed by atoms with Gasteiger partial charge in [0.15, 0.2) is 0 Å². The zero-order valence-electron chi connectivity index (χ0n) is 28.4. The highest BCUT2D eigenvalue weighted by Crippen LogP contribution is 2.67. The monoisotopic (exact) mass is 639 g/mol. The smallest absolute Gasteiger partial charge is 0.407 e. The maximum atomic E-state index is 12.5. The van der Waals surface area contributed by atoms with Gasteiger partial charge in [-0.1, -0.05) is 65.5 Å². The van der Waals surface area contributed by atoms with E-state index in [1.807, 2.05) is 0 Å². The molecule has 3 saturated carbocycles. The molecule has 0 aromatic rings. The number of allylic oxidation sites excluding steroid dienone is 1. The number of carbonyl (C=O) groups is 1. The van der Waals surface area contributed by atoms with E-state index >= 15 is 0 Å². The number of amides is 1. The minimum atomic E-state index is -3.61. The van der Waals surface area contributed by atoms with Crippen molar-refractivity contribution in [2.24, 2.45) is 46.3 Å². The largest absolute Gasteiger partial charge is 0.446 e. The fraction of sp³-hybridized carbons (Fsp3) is 0.914. The molecule has 4 aliphatic carbocycles. The van der Waals surface area contributed by atoms with Crippen LogP contribution in [0.15, 0.2) is 11.6 Å². The zero-order chi connectivity index (χ0) is 32.1. The second-order valence-corrected chi connectivity index (χ2v) is 17.5. The molecule has 0 aliphatic heterocycles. The van der Waals surface area contributed by atoms with E-state index in [1.54, 1.807) is 0 Å². The Morgan fingerprint density at radius 3 is 2.57 bits per heavy atom. The number of carbonyl (C=O) groups excluding carboxylic acids is 1. The standard InChI is InChI=1S/C35H62NO7P/c1-24(2)9-7-10-25(3)30-13-14-31-29-12-11-26-21-28(15-17-34(26,4)32(29)16-18-35(30,31)5)43-33(38)36-19-8-20-41-22-27(37)23-42-44(6,39)40/h11,24-25,27-32,37H,7-10,12-23H2,1-6H3,(H,36,38)(H,39,40)/t25-,27?,28-,29?,30?,31?,32?,34-,35+/m0/s1. The number of aliphatic hydroxyl groups excluding tert-OH is 1. The summed E-state index contributed by atoms with van der Waals surface area (Å²) in [4.78, 5) is 21.7. The molecule has 6 unspecified atom stereocenters. The van der Waals surface area contributed by atoms with Crippen LogP contribution in [0.25, 0.3) is 0 Å². The lowest BCUT2D eigenvalue weighted by molar-refractivity contribution is -0.0581. The van der Waals surface area contributed by atoms with Gasteiger partial charge in [0.2, 0.25) is 0 Å². The Morgan fingerprint density at radius 1 is 1.07 bits per heavy atom. The molecule has 8 nitrogen and oxygen atoms in total. The molecule has 4 rings (SSSR count). The van der Waals surface area contributed by atoms with Crippen molar-refractivity contribution < 1.29 is 33.4 Å². The van der Waals surface area contributed by atoms with Gasteiger partial charge in [-0.3, -0.25) is 4.57 Å². The second kappa shape index (κ2) is 15.3.